The Morgan fingerprint density at radius 2 is 2.00 bits per heavy atom. The average molecular weight is 276 g/mol. The zero-order chi connectivity index (χ0) is 14.5. The van der Waals surface area contributed by atoms with E-state index < -0.39 is 5.82 Å². The van der Waals surface area contributed by atoms with Gasteiger partial charge in [0.15, 0.2) is 17.3 Å². The van der Waals surface area contributed by atoms with Crippen molar-refractivity contribution in [2.75, 3.05) is 14.2 Å². The molecule has 0 aliphatic carbocycles. The second-order valence-electron chi connectivity index (χ2n) is 4.00. The van der Waals surface area contributed by atoms with Crippen LogP contribution in [-0.2, 0) is 6.42 Å². The predicted molar refractivity (Wildman–Crippen MR) is 69.6 cm³/mol. The molecule has 0 radical (unpaired) electrons. The number of Topliss-reactive ketones (excluding diaryl/α,β-unsaturated/α-hetero) is 1. The lowest BCUT2D eigenvalue weighted by Gasteiger charge is -2.05. The van der Waals surface area contributed by atoms with E-state index in [4.69, 9.17) is 9.47 Å². The zero-order valence-corrected chi connectivity index (χ0v) is 11.1. The van der Waals surface area contributed by atoms with Crippen molar-refractivity contribution in [1.82, 2.24) is 9.97 Å². The van der Waals surface area contributed by atoms with Crippen molar-refractivity contribution in [2.45, 2.75) is 6.42 Å². The number of carbonyl (C=O) groups excluding carboxylic acids is 1. The summed E-state index contributed by atoms with van der Waals surface area (Å²) in [5.41, 5.74) is 0.894. The SMILES string of the molecule is COc1cc(CC(=O)c2ccc(F)c(OC)c2)ncn1. The van der Waals surface area contributed by atoms with Gasteiger partial charge in [-0.05, 0) is 18.2 Å². The molecule has 0 amide bonds. The van der Waals surface area contributed by atoms with Gasteiger partial charge in [-0.25, -0.2) is 14.4 Å². The van der Waals surface area contributed by atoms with Gasteiger partial charge in [-0.3, -0.25) is 4.79 Å². The van der Waals surface area contributed by atoms with Crippen molar-refractivity contribution in [3.8, 4) is 11.6 Å². The Labute approximate surface area is 115 Å². The Morgan fingerprint density at radius 3 is 2.70 bits per heavy atom. The molecule has 5 nitrogen and oxygen atoms in total. The molecular weight excluding hydrogens is 263 g/mol. The Balaban J connectivity index is 2.19. The third-order valence-corrected chi connectivity index (χ3v) is 2.72. The first-order chi connectivity index (χ1) is 9.63. The topological polar surface area (TPSA) is 61.3 Å². The lowest BCUT2D eigenvalue weighted by atomic mass is 10.1. The minimum atomic E-state index is -0.507. The molecular formula is C14H13FN2O3. The number of halogens is 1. The van der Waals surface area contributed by atoms with E-state index in [1.807, 2.05) is 0 Å². The van der Waals surface area contributed by atoms with Crippen LogP contribution in [0.15, 0.2) is 30.6 Å². The van der Waals surface area contributed by atoms with Crippen molar-refractivity contribution in [3.63, 3.8) is 0 Å². The highest BCUT2D eigenvalue weighted by Crippen LogP contribution is 2.19. The van der Waals surface area contributed by atoms with Crippen LogP contribution in [0, 0.1) is 5.82 Å². The summed E-state index contributed by atoms with van der Waals surface area (Å²) >= 11 is 0. The van der Waals surface area contributed by atoms with Gasteiger partial charge in [0.05, 0.1) is 26.3 Å². The molecule has 0 unspecified atom stereocenters. The Kier molecular flexibility index (Phi) is 4.24. The Morgan fingerprint density at radius 1 is 1.20 bits per heavy atom. The van der Waals surface area contributed by atoms with E-state index in [1.54, 1.807) is 6.07 Å². The van der Waals surface area contributed by atoms with Gasteiger partial charge in [0.1, 0.15) is 6.33 Å². The average Bonchev–Trinajstić information content (AvgIpc) is 2.47. The second-order valence-corrected chi connectivity index (χ2v) is 4.00. The van der Waals surface area contributed by atoms with Crippen LogP contribution in [0.4, 0.5) is 4.39 Å². The number of ketones is 1. The van der Waals surface area contributed by atoms with E-state index in [-0.39, 0.29) is 18.0 Å². The van der Waals surface area contributed by atoms with Crippen LogP contribution < -0.4 is 9.47 Å². The predicted octanol–water partition coefficient (Wildman–Crippen LogP) is 2.06. The summed E-state index contributed by atoms with van der Waals surface area (Å²) in [5, 5.41) is 0. The van der Waals surface area contributed by atoms with Crippen molar-refractivity contribution in [1.29, 1.82) is 0 Å². The summed E-state index contributed by atoms with van der Waals surface area (Å²) in [4.78, 5) is 20.0. The van der Waals surface area contributed by atoms with Crippen LogP contribution >= 0.6 is 0 Å². The molecule has 1 heterocycles. The maximum atomic E-state index is 13.3. The lowest BCUT2D eigenvalue weighted by molar-refractivity contribution is 0.0991. The minimum absolute atomic E-state index is 0.0381. The normalized spacial score (nSPS) is 10.2. The quantitative estimate of drug-likeness (QED) is 0.782. The van der Waals surface area contributed by atoms with E-state index >= 15 is 0 Å². The van der Waals surface area contributed by atoms with Crippen molar-refractivity contribution in [2.24, 2.45) is 0 Å². The van der Waals surface area contributed by atoms with E-state index in [1.165, 1.54) is 38.7 Å². The standard InChI is InChI=1S/C14H13FN2O3/c1-19-13-5-9(3-4-11(13)15)12(18)6-10-7-14(20-2)17-8-16-10/h3-5,7-8H,6H2,1-2H3. The first-order valence-electron chi connectivity index (χ1n) is 5.85. The highest BCUT2D eigenvalue weighted by Gasteiger charge is 2.12. The van der Waals surface area contributed by atoms with Crippen LogP contribution in [0.2, 0.25) is 0 Å². The molecule has 20 heavy (non-hydrogen) atoms. The lowest BCUT2D eigenvalue weighted by Crippen LogP contribution is -2.06. The summed E-state index contributed by atoms with van der Waals surface area (Å²) in [5.74, 6) is -0.271. The summed E-state index contributed by atoms with van der Waals surface area (Å²) in [7, 11) is 2.83. The number of aromatic nitrogens is 2. The second kappa shape index (κ2) is 6.10. The van der Waals surface area contributed by atoms with Crippen molar-refractivity contribution in [3.05, 3.63) is 47.7 Å². The molecule has 0 N–H and O–H groups in total. The fourth-order valence-electron chi connectivity index (χ4n) is 1.69. The minimum Gasteiger partial charge on any atom is -0.494 e. The molecule has 0 bridgehead atoms. The number of rotatable bonds is 5. The third-order valence-electron chi connectivity index (χ3n) is 2.72. The first-order valence-corrected chi connectivity index (χ1v) is 5.85. The van der Waals surface area contributed by atoms with E-state index in [0.29, 0.717) is 17.1 Å². The summed E-state index contributed by atoms with van der Waals surface area (Å²) in [6, 6.07) is 5.57. The van der Waals surface area contributed by atoms with Gasteiger partial charge in [-0.15, -0.1) is 0 Å². The molecule has 1 aromatic carbocycles. The molecule has 0 aliphatic rings. The van der Waals surface area contributed by atoms with Gasteiger partial charge >= 0.3 is 0 Å². The molecule has 104 valence electrons. The number of nitrogens with zero attached hydrogens (tertiary/aromatic N) is 2. The van der Waals surface area contributed by atoms with Gasteiger partial charge in [-0.2, -0.15) is 0 Å². The van der Waals surface area contributed by atoms with E-state index in [0.717, 1.165) is 0 Å². The number of ether oxygens (including phenoxy) is 2. The summed E-state index contributed by atoms with van der Waals surface area (Å²) in [6.07, 6.45) is 1.40. The molecule has 2 aromatic rings. The highest BCUT2D eigenvalue weighted by molar-refractivity contribution is 5.97. The van der Waals surface area contributed by atoms with Crippen molar-refractivity contribution < 1.29 is 18.7 Å². The van der Waals surface area contributed by atoms with Gasteiger partial charge in [0.2, 0.25) is 5.88 Å². The van der Waals surface area contributed by atoms with Crippen LogP contribution in [0.5, 0.6) is 11.6 Å². The molecule has 0 atom stereocenters. The molecule has 6 heteroatoms. The molecule has 0 saturated carbocycles. The van der Waals surface area contributed by atoms with Gasteiger partial charge in [0.25, 0.3) is 0 Å². The molecule has 2 rings (SSSR count). The van der Waals surface area contributed by atoms with Gasteiger partial charge < -0.3 is 9.47 Å². The number of hydrogen-bond donors (Lipinski definition) is 0. The third kappa shape index (κ3) is 3.09. The van der Waals surface area contributed by atoms with Crippen LogP contribution in [0.25, 0.3) is 0 Å². The maximum Gasteiger partial charge on any atom is 0.216 e. The Bertz CT molecular complexity index is 632. The van der Waals surface area contributed by atoms with Crippen LogP contribution in [0.1, 0.15) is 16.1 Å². The fourth-order valence-corrected chi connectivity index (χ4v) is 1.69. The Hall–Kier alpha value is -2.50. The maximum absolute atomic E-state index is 13.3. The molecule has 1 aromatic heterocycles. The summed E-state index contributed by atoms with van der Waals surface area (Å²) < 4.78 is 23.1. The highest BCUT2D eigenvalue weighted by atomic mass is 19.1. The van der Waals surface area contributed by atoms with E-state index in [2.05, 4.69) is 9.97 Å². The van der Waals surface area contributed by atoms with Gasteiger partial charge in [-0.1, -0.05) is 0 Å². The monoisotopic (exact) mass is 276 g/mol. The van der Waals surface area contributed by atoms with Crippen LogP contribution in [-0.4, -0.2) is 30.0 Å². The number of benzene rings is 1. The smallest absolute Gasteiger partial charge is 0.216 e. The molecule has 0 fully saturated rings. The largest absolute Gasteiger partial charge is 0.494 e. The molecule has 0 spiro atoms. The number of methoxy groups -OCH3 is 2. The van der Waals surface area contributed by atoms with E-state index in [9.17, 15) is 9.18 Å². The summed E-state index contributed by atoms with van der Waals surface area (Å²) in [6.45, 7) is 0. The molecule has 0 aliphatic heterocycles. The fraction of sp³-hybridized carbons (Fsp3) is 0.214. The van der Waals surface area contributed by atoms with Crippen LogP contribution in [0.3, 0.4) is 0 Å². The first kappa shape index (κ1) is 13.9. The number of hydrogen-bond acceptors (Lipinski definition) is 5. The van der Waals surface area contributed by atoms with Crippen molar-refractivity contribution >= 4 is 5.78 Å². The zero-order valence-electron chi connectivity index (χ0n) is 11.1. The van der Waals surface area contributed by atoms with Gasteiger partial charge in [0, 0.05) is 11.6 Å². The number of carbonyl (C=O) groups is 1. The molecule has 0 saturated heterocycles.